The van der Waals surface area contributed by atoms with E-state index in [1.165, 1.54) is 0 Å². The van der Waals surface area contributed by atoms with Crippen LogP contribution in [0.5, 0.6) is 0 Å². The molecule has 2 aliphatic rings. The number of halogens is 2. The molecule has 290 valence electrons. The van der Waals surface area contributed by atoms with Gasteiger partial charge in [0.25, 0.3) is 0 Å². The molecule has 0 radical (unpaired) electrons. The van der Waals surface area contributed by atoms with Crippen LogP contribution in [0.4, 0.5) is 11.4 Å². The third-order valence-electron chi connectivity index (χ3n) is 9.42. The molecule has 1 aromatic heterocycles. The molecule has 3 aromatic rings. The van der Waals surface area contributed by atoms with Gasteiger partial charge in [-0.1, -0.05) is 106 Å². The van der Waals surface area contributed by atoms with Crippen LogP contribution in [-0.4, -0.2) is 16.6 Å². The lowest BCUT2D eigenvalue weighted by Crippen LogP contribution is -2.28. The van der Waals surface area contributed by atoms with Crippen LogP contribution in [0.15, 0.2) is 145 Å². The van der Waals surface area contributed by atoms with E-state index in [4.69, 9.17) is 38.4 Å². The Balaban J connectivity index is 1.77. The number of azo groups is 2. The van der Waals surface area contributed by atoms with Gasteiger partial charge in [-0.25, -0.2) is 0 Å². The van der Waals surface area contributed by atoms with Gasteiger partial charge in [0.15, 0.2) is 11.6 Å². The number of hydrogen-bond acceptors (Lipinski definition) is 7. The Morgan fingerprint density at radius 1 is 0.482 bits per heavy atom. The Morgan fingerprint density at radius 3 is 1.14 bits per heavy atom. The van der Waals surface area contributed by atoms with Crippen molar-refractivity contribution < 1.29 is 9.59 Å². The van der Waals surface area contributed by atoms with Crippen molar-refractivity contribution in [3.8, 4) is 0 Å². The molecule has 2 aromatic carbocycles. The molecule has 0 saturated heterocycles. The summed E-state index contributed by atoms with van der Waals surface area (Å²) in [7, 11) is 0. The number of Topliss-reactive ketones (excluding diaryl/α,β-unsaturated/α-hetero) is 2. The van der Waals surface area contributed by atoms with Gasteiger partial charge in [-0.15, -0.1) is 10.2 Å². The van der Waals surface area contributed by atoms with Gasteiger partial charge in [0.1, 0.15) is 11.4 Å². The summed E-state index contributed by atoms with van der Waals surface area (Å²) in [5.74, 6) is 0.0412. The quantitative estimate of drug-likeness (QED) is 0.233. The number of carbonyl (C=O) groups excluding carboxylic acids is 2. The molecule has 0 spiro atoms. The second kappa shape index (κ2) is 16.0. The fraction of sp³-hybridized carbons (Fsp3) is 0.340. The van der Waals surface area contributed by atoms with Gasteiger partial charge < -0.3 is 0 Å². The Hall–Kier alpha value is -4.85. The maximum absolute atomic E-state index is 13.9. The standard InChI is InChI=1S/C47H51Cl2N5O2/c1-44(2,3)35-23-29(24-36(42(35)55)45(4,5)6)40(53-51-33-18-14-31(48)15-19-33)28-13-22-39(50-27-28)41(54-52-34-20-16-32(49)17-21-34)30-25-37(46(7,8)9)43(56)38(26-30)47(10,11)12/h13-27H,1-12H3. The first-order valence-corrected chi connectivity index (χ1v) is 19.5. The lowest BCUT2D eigenvalue weighted by molar-refractivity contribution is -0.114. The number of hydrogen-bond donors (Lipinski definition) is 0. The number of allylic oxidation sites excluding steroid dienone is 10. The topological polar surface area (TPSA) is 96.5 Å². The van der Waals surface area contributed by atoms with Crippen molar-refractivity contribution in [1.82, 2.24) is 4.98 Å². The molecule has 0 aliphatic heterocycles. The summed E-state index contributed by atoms with van der Waals surface area (Å²) < 4.78 is 0. The van der Waals surface area contributed by atoms with Crippen LogP contribution in [0.2, 0.25) is 10.0 Å². The number of ketones is 2. The normalized spacial score (nSPS) is 16.0. The average Bonchev–Trinajstić information content (AvgIpc) is 3.09. The molecule has 2 aliphatic carbocycles. The molecule has 0 saturated carbocycles. The van der Waals surface area contributed by atoms with Crippen molar-refractivity contribution in [2.45, 2.75) is 83.1 Å². The number of rotatable bonds is 6. The van der Waals surface area contributed by atoms with E-state index in [2.05, 4.69) is 10.2 Å². The largest absolute Gasteiger partial charge is 0.289 e. The lowest BCUT2D eigenvalue weighted by Gasteiger charge is -2.31. The monoisotopic (exact) mass is 787 g/mol. The summed E-state index contributed by atoms with van der Waals surface area (Å²) in [5, 5.41) is 20.0. The van der Waals surface area contributed by atoms with E-state index in [0.29, 0.717) is 66.4 Å². The average molecular weight is 789 g/mol. The molecule has 0 bridgehead atoms. The molecule has 9 heteroatoms. The van der Waals surface area contributed by atoms with E-state index in [0.717, 1.165) is 11.1 Å². The lowest BCUT2D eigenvalue weighted by atomic mass is 9.71. The third-order valence-corrected chi connectivity index (χ3v) is 9.92. The molecule has 56 heavy (non-hydrogen) atoms. The molecular weight excluding hydrogens is 737 g/mol. The molecule has 0 fully saturated rings. The molecule has 1 heterocycles. The Bertz CT molecular complexity index is 2050. The van der Waals surface area contributed by atoms with E-state index in [1.54, 1.807) is 54.7 Å². The van der Waals surface area contributed by atoms with Gasteiger partial charge in [-0.3, -0.25) is 14.6 Å². The van der Waals surface area contributed by atoms with Gasteiger partial charge in [-0.2, -0.15) is 10.2 Å². The fourth-order valence-electron chi connectivity index (χ4n) is 6.20. The van der Waals surface area contributed by atoms with E-state index >= 15 is 0 Å². The minimum absolute atomic E-state index is 0.0182. The highest BCUT2D eigenvalue weighted by Crippen LogP contribution is 2.43. The highest BCUT2D eigenvalue weighted by atomic mass is 35.5. The van der Waals surface area contributed by atoms with Gasteiger partial charge in [0.2, 0.25) is 0 Å². The second-order valence-electron chi connectivity index (χ2n) is 18.3. The molecular formula is C47H51Cl2N5O2. The predicted octanol–water partition coefficient (Wildman–Crippen LogP) is 14.4. The summed E-state index contributed by atoms with van der Waals surface area (Å²) in [5.41, 5.74) is 5.97. The van der Waals surface area contributed by atoms with E-state index < -0.39 is 21.7 Å². The zero-order valence-electron chi connectivity index (χ0n) is 34.5. The van der Waals surface area contributed by atoms with Crippen LogP contribution in [0.1, 0.15) is 94.3 Å². The minimum atomic E-state index is -0.431. The molecule has 0 N–H and O–H groups in total. The van der Waals surface area contributed by atoms with Crippen molar-refractivity contribution in [3.63, 3.8) is 0 Å². The first kappa shape index (κ1) is 42.3. The molecule has 0 amide bonds. The summed E-state index contributed by atoms with van der Waals surface area (Å²) in [4.78, 5) is 32.7. The highest BCUT2D eigenvalue weighted by molar-refractivity contribution is 6.30. The maximum Gasteiger partial charge on any atom is 0.186 e. The van der Waals surface area contributed by atoms with Crippen molar-refractivity contribution >= 4 is 57.5 Å². The molecule has 7 nitrogen and oxygen atoms in total. The SMILES string of the molecule is CC(C)(C)C1=CC(=C(N=Nc2ccc(Cl)cc2)c2ccc(C(N=Nc3ccc(Cl)cc3)=C3C=C(C(C)(C)C)C(=O)C(C(C)(C)C)=C3)nc2)C=C(C(C)(C)C)C1=O. The number of pyridine rings is 1. The first-order valence-electron chi connectivity index (χ1n) is 18.7. The van der Waals surface area contributed by atoms with Crippen LogP contribution in [0, 0.1) is 21.7 Å². The number of aromatic nitrogens is 1. The minimum Gasteiger partial charge on any atom is -0.289 e. The zero-order valence-corrected chi connectivity index (χ0v) is 36.0. The van der Waals surface area contributed by atoms with Crippen molar-refractivity contribution in [3.05, 3.63) is 146 Å². The summed E-state index contributed by atoms with van der Waals surface area (Å²) in [6.07, 6.45) is 9.40. The van der Waals surface area contributed by atoms with Crippen LogP contribution < -0.4 is 0 Å². The van der Waals surface area contributed by atoms with Gasteiger partial charge in [0, 0.05) is 55.2 Å². The summed E-state index contributed by atoms with van der Waals surface area (Å²) in [6.45, 7) is 24.4. The Labute approximate surface area is 341 Å². The smallest absolute Gasteiger partial charge is 0.186 e. The molecule has 0 unspecified atom stereocenters. The third kappa shape index (κ3) is 9.93. The van der Waals surface area contributed by atoms with E-state index in [-0.39, 0.29) is 11.6 Å². The highest BCUT2D eigenvalue weighted by Gasteiger charge is 2.36. The van der Waals surface area contributed by atoms with E-state index in [9.17, 15) is 9.59 Å². The van der Waals surface area contributed by atoms with Crippen molar-refractivity contribution in [1.29, 1.82) is 0 Å². The summed E-state index contributed by atoms with van der Waals surface area (Å²) >= 11 is 12.3. The molecule has 5 rings (SSSR count). The number of carbonyl (C=O) groups is 2. The first-order chi connectivity index (χ1) is 25.9. The van der Waals surface area contributed by atoms with Crippen molar-refractivity contribution in [2.75, 3.05) is 0 Å². The van der Waals surface area contributed by atoms with Gasteiger partial charge >= 0.3 is 0 Å². The fourth-order valence-corrected chi connectivity index (χ4v) is 6.46. The Kier molecular flexibility index (Phi) is 12.0. The number of benzene rings is 2. The van der Waals surface area contributed by atoms with E-state index in [1.807, 2.05) is 120 Å². The predicted molar refractivity (Wildman–Crippen MR) is 230 cm³/mol. The van der Waals surface area contributed by atoms with Gasteiger partial charge in [-0.05, 0) is 107 Å². The molecule has 0 atom stereocenters. The summed E-state index contributed by atoms with van der Waals surface area (Å²) in [6, 6.07) is 18.0. The van der Waals surface area contributed by atoms with Gasteiger partial charge in [0.05, 0.1) is 17.1 Å². The Morgan fingerprint density at radius 2 is 0.821 bits per heavy atom. The van der Waals surface area contributed by atoms with Crippen LogP contribution >= 0.6 is 23.2 Å². The van der Waals surface area contributed by atoms with Crippen LogP contribution in [0.25, 0.3) is 11.4 Å². The second-order valence-corrected chi connectivity index (χ2v) is 19.2. The zero-order chi connectivity index (χ0) is 41.4. The maximum atomic E-state index is 13.9. The van der Waals surface area contributed by atoms with Crippen molar-refractivity contribution in [2.24, 2.45) is 42.1 Å². The number of nitrogens with zero attached hydrogens (tertiary/aromatic N) is 5. The van der Waals surface area contributed by atoms with Crippen LogP contribution in [-0.2, 0) is 9.59 Å². The van der Waals surface area contributed by atoms with Crippen LogP contribution in [0.3, 0.4) is 0 Å².